The van der Waals surface area contributed by atoms with Crippen molar-refractivity contribution in [1.29, 1.82) is 0 Å². The summed E-state index contributed by atoms with van der Waals surface area (Å²) >= 11 is 6.54. The fourth-order valence-electron chi connectivity index (χ4n) is 2.68. The molecule has 2 N–H and O–H groups in total. The molecular weight excluding hydrogens is 600 g/mol. The van der Waals surface area contributed by atoms with Crippen LogP contribution in [0.15, 0.2) is 57.7 Å². The molecule has 9 nitrogen and oxygen atoms in total. The molecule has 0 aliphatic carbocycles. The van der Waals surface area contributed by atoms with E-state index < -0.39 is 15.6 Å². The SMILES string of the molecule is O=P([O-])(Oc1c[nH]c2ccc(Br)cc12)OP(=O)([O-])Oc1c[nH]c2ccc(Br)cc12.[Na+].[Na+]. The molecule has 2 aromatic heterocycles. The molecule has 2 unspecified atom stereocenters. The molecule has 0 bridgehead atoms. The van der Waals surface area contributed by atoms with Crippen molar-refractivity contribution in [3.05, 3.63) is 57.7 Å². The Labute approximate surface area is 237 Å². The molecule has 0 aliphatic rings. The first-order chi connectivity index (χ1) is 13.6. The van der Waals surface area contributed by atoms with Gasteiger partial charge >= 0.3 is 74.8 Å². The van der Waals surface area contributed by atoms with E-state index in [0.717, 1.165) is 0 Å². The van der Waals surface area contributed by atoms with Crippen molar-refractivity contribution in [1.82, 2.24) is 9.97 Å². The van der Waals surface area contributed by atoms with E-state index in [2.05, 4.69) is 46.1 Å². The van der Waals surface area contributed by atoms with Crippen LogP contribution in [0.2, 0.25) is 0 Å². The molecule has 0 spiro atoms. The second kappa shape index (κ2) is 10.8. The maximum Gasteiger partial charge on any atom is 1.00 e. The molecule has 0 saturated carbocycles. The molecule has 0 fully saturated rings. The number of halogens is 2. The van der Waals surface area contributed by atoms with E-state index in [1.54, 1.807) is 36.4 Å². The van der Waals surface area contributed by atoms with E-state index in [1.807, 2.05) is 0 Å². The monoisotopic (exact) mass is 608 g/mol. The Balaban J connectivity index is 0.00000171. The maximum atomic E-state index is 12.2. The molecule has 2 atom stereocenters. The molecule has 2 heterocycles. The van der Waals surface area contributed by atoms with Gasteiger partial charge in [-0.3, -0.25) is 9.13 Å². The number of hydrogen-bond donors (Lipinski definition) is 2. The number of benzene rings is 2. The number of hydrogen-bond acceptors (Lipinski definition) is 7. The Bertz CT molecular complexity index is 1230. The number of nitrogens with one attached hydrogen (secondary N) is 2. The molecule has 0 radical (unpaired) electrons. The standard InChI is InChI=1S/C16H12Br2N2O7P2.2Na/c17-9-1-3-13-11(5-9)15(7-19-13)25-28(21,22)27-29(23,24)26-16-8-20-14-4-2-10(18)6-12(14)16;;/h1-8,19-20H,(H,21,22)(H,23,24);;/q;2*+1/p-2. The summed E-state index contributed by atoms with van der Waals surface area (Å²) in [5.74, 6) is -0.230. The van der Waals surface area contributed by atoms with Gasteiger partial charge in [0.05, 0.1) is 0 Å². The predicted molar refractivity (Wildman–Crippen MR) is 110 cm³/mol. The first kappa shape index (κ1) is 27.7. The quantitative estimate of drug-likeness (QED) is 0.202. The largest absolute Gasteiger partial charge is 1.00 e. The fourth-order valence-corrected chi connectivity index (χ4v) is 5.43. The number of aromatic amines is 2. The van der Waals surface area contributed by atoms with Gasteiger partial charge in [-0.05, 0) is 36.4 Å². The zero-order chi connectivity index (χ0) is 20.8. The zero-order valence-corrected chi connectivity index (χ0v) is 25.1. The Morgan fingerprint density at radius 1 is 0.742 bits per heavy atom. The number of aromatic nitrogens is 2. The first-order valence-electron chi connectivity index (χ1n) is 7.88. The van der Waals surface area contributed by atoms with Gasteiger partial charge in [-0.1, -0.05) is 31.9 Å². The van der Waals surface area contributed by atoms with Crippen LogP contribution in [0.4, 0.5) is 0 Å². The van der Waals surface area contributed by atoms with Gasteiger partial charge in [-0.15, -0.1) is 0 Å². The molecule has 4 aromatic rings. The summed E-state index contributed by atoms with van der Waals surface area (Å²) in [5, 5.41) is 0.837. The number of phosphoric ester groups is 2. The van der Waals surface area contributed by atoms with Crippen molar-refractivity contribution in [2.24, 2.45) is 0 Å². The van der Waals surface area contributed by atoms with Crippen LogP contribution in [0.25, 0.3) is 21.8 Å². The van der Waals surface area contributed by atoms with Crippen LogP contribution in [-0.4, -0.2) is 9.97 Å². The molecule has 4 rings (SSSR count). The molecule has 152 valence electrons. The summed E-state index contributed by atoms with van der Waals surface area (Å²) in [5.41, 5.74) is 1.18. The summed E-state index contributed by atoms with van der Waals surface area (Å²) in [6.07, 6.45) is 2.55. The molecular formula is C16H10Br2N2Na2O7P2. The van der Waals surface area contributed by atoms with Gasteiger partial charge in [0, 0.05) is 43.1 Å². The Hall–Kier alpha value is 0.420. The van der Waals surface area contributed by atoms with Crippen LogP contribution in [0.1, 0.15) is 0 Å². The fraction of sp³-hybridized carbons (Fsp3) is 0. The Morgan fingerprint density at radius 3 is 1.52 bits per heavy atom. The smallest absolute Gasteiger partial charge is 0.746 e. The minimum atomic E-state index is -5.32. The predicted octanol–water partition coefficient (Wildman–Crippen LogP) is -1.41. The van der Waals surface area contributed by atoms with Gasteiger partial charge in [0.2, 0.25) is 0 Å². The van der Waals surface area contributed by atoms with Gasteiger partial charge < -0.3 is 28.8 Å². The average Bonchev–Trinajstić information content (AvgIpc) is 3.17. The summed E-state index contributed by atoms with van der Waals surface area (Å²) in [6.45, 7) is 0. The van der Waals surface area contributed by atoms with Crippen molar-refractivity contribution < 1.29 is 91.4 Å². The van der Waals surface area contributed by atoms with Crippen LogP contribution in [0.5, 0.6) is 11.5 Å². The van der Waals surface area contributed by atoms with Crippen molar-refractivity contribution >= 4 is 69.3 Å². The van der Waals surface area contributed by atoms with E-state index >= 15 is 0 Å². The van der Waals surface area contributed by atoms with Gasteiger partial charge in [0.15, 0.2) is 11.5 Å². The normalized spacial score (nSPS) is 14.8. The van der Waals surface area contributed by atoms with Crippen molar-refractivity contribution in [3.63, 3.8) is 0 Å². The molecule has 2 aromatic carbocycles. The first-order valence-corrected chi connectivity index (χ1v) is 12.4. The minimum absolute atomic E-state index is 0. The van der Waals surface area contributed by atoms with E-state index in [-0.39, 0.29) is 70.6 Å². The molecule has 0 saturated heterocycles. The third-order valence-corrected chi connectivity index (χ3v) is 7.26. The minimum Gasteiger partial charge on any atom is -0.746 e. The maximum absolute atomic E-state index is 12.2. The summed E-state index contributed by atoms with van der Waals surface area (Å²) in [6, 6.07) is 10.1. The summed E-state index contributed by atoms with van der Waals surface area (Å²) in [4.78, 5) is 30.0. The van der Waals surface area contributed by atoms with Gasteiger partial charge in [0.25, 0.3) is 0 Å². The van der Waals surface area contributed by atoms with Crippen molar-refractivity contribution in [2.75, 3.05) is 0 Å². The average molecular weight is 610 g/mol. The topological polar surface area (TPSA) is 140 Å². The van der Waals surface area contributed by atoms with Crippen LogP contribution < -0.4 is 77.9 Å². The Kier molecular flexibility index (Phi) is 9.62. The van der Waals surface area contributed by atoms with Gasteiger partial charge in [0.1, 0.15) is 0 Å². The van der Waals surface area contributed by atoms with E-state index in [4.69, 9.17) is 9.05 Å². The molecule has 0 aliphatic heterocycles. The van der Waals surface area contributed by atoms with Crippen LogP contribution in [0.3, 0.4) is 0 Å². The second-order valence-corrected chi connectivity index (χ2v) is 10.5. The van der Waals surface area contributed by atoms with Gasteiger partial charge in [-0.25, -0.2) is 4.31 Å². The summed E-state index contributed by atoms with van der Waals surface area (Å²) < 4.78 is 39.6. The van der Waals surface area contributed by atoms with Crippen molar-refractivity contribution in [2.45, 2.75) is 0 Å². The third-order valence-electron chi connectivity index (χ3n) is 3.83. The van der Waals surface area contributed by atoms with E-state index in [1.165, 1.54) is 12.4 Å². The van der Waals surface area contributed by atoms with E-state index in [0.29, 0.717) is 30.8 Å². The Morgan fingerprint density at radius 2 is 1.13 bits per heavy atom. The van der Waals surface area contributed by atoms with Crippen LogP contribution >= 0.6 is 47.5 Å². The van der Waals surface area contributed by atoms with E-state index in [9.17, 15) is 18.9 Å². The molecule has 15 heteroatoms. The third kappa shape index (κ3) is 6.73. The van der Waals surface area contributed by atoms with Crippen molar-refractivity contribution in [3.8, 4) is 11.5 Å². The van der Waals surface area contributed by atoms with Crippen LogP contribution in [-0.2, 0) is 13.4 Å². The number of fused-ring (bicyclic) bond motifs is 2. The second-order valence-electron chi connectivity index (χ2n) is 5.84. The van der Waals surface area contributed by atoms with Gasteiger partial charge in [-0.2, -0.15) is 0 Å². The van der Waals surface area contributed by atoms with Crippen LogP contribution in [0, 0.1) is 0 Å². The zero-order valence-electron chi connectivity index (χ0n) is 16.1. The molecule has 31 heavy (non-hydrogen) atoms. The number of rotatable bonds is 6. The number of H-pyrrole nitrogens is 2. The summed E-state index contributed by atoms with van der Waals surface area (Å²) in [7, 11) is -10.6. The number of phosphoric acid groups is 2. The molecule has 0 amide bonds.